The van der Waals surface area contributed by atoms with Gasteiger partial charge in [-0.05, 0) is 25.0 Å². The first kappa shape index (κ1) is 19.1. The number of nitrogens with one attached hydrogen (secondary N) is 3. The molecule has 1 aromatic rings. The van der Waals surface area contributed by atoms with E-state index in [4.69, 9.17) is 9.47 Å². The molecule has 1 aromatic carbocycles. The second-order valence-electron chi connectivity index (χ2n) is 6.08. The molecule has 1 aliphatic rings. The number of urea groups is 1. The Balaban J connectivity index is 1.70. The van der Waals surface area contributed by atoms with Crippen LogP contribution in [0.25, 0.3) is 0 Å². The molecule has 2 rings (SSSR count). The van der Waals surface area contributed by atoms with Crippen LogP contribution in [0.4, 0.5) is 10.5 Å². The van der Waals surface area contributed by atoms with Crippen LogP contribution in [0.3, 0.4) is 0 Å². The van der Waals surface area contributed by atoms with Crippen molar-refractivity contribution in [3.8, 4) is 5.75 Å². The molecule has 7 heteroatoms. The second kappa shape index (κ2) is 10.6. The maximum atomic E-state index is 11.9. The van der Waals surface area contributed by atoms with Gasteiger partial charge < -0.3 is 25.4 Å². The monoisotopic (exact) mass is 349 g/mol. The summed E-state index contributed by atoms with van der Waals surface area (Å²) >= 11 is 0. The van der Waals surface area contributed by atoms with Crippen molar-refractivity contribution < 1.29 is 19.1 Å². The summed E-state index contributed by atoms with van der Waals surface area (Å²) in [4.78, 5) is 23.8. The first-order chi connectivity index (χ1) is 12.2. The minimum Gasteiger partial charge on any atom is -0.491 e. The predicted molar refractivity (Wildman–Crippen MR) is 95.9 cm³/mol. The molecule has 1 aliphatic carbocycles. The van der Waals surface area contributed by atoms with Gasteiger partial charge in [-0.2, -0.15) is 0 Å². The van der Waals surface area contributed by atoms with Gasteiger partial charge in [-0.3, -0.25) is 4.79 Å². The van der Waals surface area contributed by atoms with Crippen molar-refractivity contribution in [2.45, 2.75) is 38.1 Å². The van der Waals surface area contributed by atoms with E-state index in [2.05, 4.69) is 16.0 Å². The van der Waals surface area contributed by atoms with E-state index in [-0.39, 0.29) is 18.5 Å². The lowest BCUT2D eigenvalue weighted by molar-refractivity contribution is -0.120. The molecule has 0 unspecified atom stereocenters. The van der Waals surface area contributed by atoms with Crippen LogP contribution >= 0.6 is 0 Å². The number of carbonyl (C=O) groups excluding carboxylic acids is 2. The van der Waals surface area contributed by atoms with Gasteiger partial charge in [0, 0.05) is 24.9 Å². The van der Waals surface area contributed by atoms with Gasteiger partial charge in [-0.1, -0.05) is 25.3 Å². The lowest BCUT2D eigenvalue weighted by Gasteiger charge is -2.22. The molecule has 0 bridgehead atoms. The molecule has 0 aliphatic heterocycles. The zero-order chi connectivity index (χ0) is 17.9. The van der Waals surface area contributed by atoms with Crippen LogP contribution in [0.15, 0.2) is 24.3 Å². The maximum absolute atomic E-state index is 11.9. The molecule has 0 spiro atoms. The Hall–Kier alpha value is -2.28. The van der Waals surface area contributed by atoms with Crippen molar-refractivity contribution in [3.63, 3.8) is 0 Å². The largest absolute Gasteiger partial charge is 0.491 e. The van der Waals surface area contributed by atoms with E-state index in [0.29, 0.717) is 24.7 Å². The molecule has 0 atom stereocenters. The molecule has 3 N–H and O–H groups in total. The van der Waals surface area contributed by atoms with Crippen molar-refractivity contribution in [1.82, 2.24) is 10.6 Å². The first-order valence-corrected chi connectivity index (χ1v) is 8.73. The van der Waals surface area contributed by atoms with Crippen molar-refractivity contribution in [2.24, 2.45) is 0 Å². The smallest absolute Gasteiger partial charge is 0.319 e. The fourth-order valence-electron chi connectivity index (χ4n) is 2.77. The molecular weight excluding hydrogens is 322 g/mol. The average Bonchev–Trinajstić information content (AvgIpc) is 2.61. The third-order valence-corrected chi connectivity index (χ3v) is 4.03. The first-order valence-electron chi connectivity index (χ1n) is 8.73. The number of ether oxygens (including phenoxy) is 2. The van der Waals surface area contributed by atoms with Gasteiger partial charge in [0.25, 0.3) is 0 Å². The number of carbonyl (C=O) groups is 2. The van der Waals surface area contributed by atoms with Crippen LogP contribution in [-0.4, -0.2) is 44.8 Å². The number of methoxy groups -OCH3 is 1. The van der Waals surface area contributed by atoms with Crippen LogP contribution < -0.4 is 20.7 Å². The summed E-state index contributed by atoms with van der Waals surface area (Å²) in [6.07, 6.45) is 5.59. The molecule has 3 amide bonds. The summed E-state index contributed by atoms with van der Waals surface area (Å²) in [5, 5.41) is 8.22. The SMILES string of the molecule is COCCOc1cccc(NC(=O)NCC(=O)NC2CCCCC2)c1. The summed E-state index contributed by atoms with van der Waals surface area (Å²) < 4.78 is 10.4. The number of hydrogen-bond donors (Lipinski definition) is 3. The summed E-state index contributed by atoms with van der Waals surface area (Å²) in [5.74, 6) is 0.489. The van der Waals surface area contributed by atoms with Gasteiger partial charge in [0.1, 0.15) is 12.4 Å². The van der Waals surface area contributed by atoms with Crippen LogP contribution in [0.5, 0.6) is 5.75 Å². The van der Waals surface area contributed by atoms with Crippen LogP contribution in [0, 0.1) is 0 Å². The zero-order valence-electron chi connectivity index (χ0n) is 14.7. The van der Waals surface area contributed by atoms with Gasteiger partial charge in [0.2, 0.25) is 5.91 Å². The van der Waals surface area contributed by atoms with E-state index in [1.807, 2.05) is 0 Å². The fraction of sp³-hybridized carbons (Fsp3) is 0.556. The third-order valence-electron chi connectivity index (χ3n) is 4.03. The number of rotatable bonds is 8. The number of anilines is 1. The summed E-state index contributed by atoms with van der Waals surface area (Å²) in [6, 6.07) is 6.88. The van der Waals surface area contributed by atoms with E-state index in [1.165, 1.54) is 6.42 Å². The molecule has 138 valence electrons. The highest BCUT2D eigenvalue weighted by atomic mass is 16.5. The molecule has 0 radical (unpaired) electrons. The summed E-state index contributed by atoms with van der Waals surface area (Å²) in [5.41, 5.74) is 0.597. The van der Waals surface area contributed by atoms with Crippen molar-refractivity contribution >= 4 is 17.6 Å². The Kier molecular flexibility index (Phi) is 8.04. The Morgan fingerprint density at radius 1 is 1.16 bits per heavy atom. The quantitative estimate of drug-likeness (QED) is 0.628. The van der Waals surface area contributed by atoms with Crippen molar-refractivity contribution in [1.29, 1.82) is 0 Å². The second-order valence-corrected chi connectivity index (χ2v) is 6.08. The number of benzene rings is 1. The van der Waals surface area contributed by atoms with E-state index in [1.54, 1.807) is 31.4 Å². The minimum atomic E-state index is -0.423. The Morgan fingerprint density at radius 3 is 2.72 bits per heavy atom. The third kappa shape index (κ3) is 7.43. The molecule has 7 nitrogen and oxygen atoms in total. The summed E-state index contributed by atoms with van der Waals surface area (Å²) in [6.45, 7) is 0.897. The van der Waals surface area contributed by atoms with Gasteiger partial charge in [-0.25, -0.2) is 4.79 Å². The normalized spacial score (nSPS) is 14.6. The van der Waals surface area contributed by atoms with Crippen LogP contribution in [0.1, 0.15) is 32.1 Å². The number of amides is 3. The highest BCUT2D eigenvalue weighted by Gasteiger charge is 2.15. The van der Waals surface area contributed by atoms with Crippen molar-refractivity contribution in [2.75, 3.05) is 32.2 Å². The minimum absolute atomic E-state index is 0.0354. The lowest BCUT2D eigenvalue weighted by Crippen LogP contribution is -2.43. The van der Waals surface area contributed by atoms with E-state index in [0.717, 1.165) is 25.7 Å². The standard InChI is InChI=1S/C18H27N3O4/c1-24-10-11-25-16-9-5-8-15(12-16)21-18(23)19-13-17(22)20-14-6-3-2-4-7-14/h5,8-9,12,14H,2-4,6-7,10-11,13H2,1H3,(H,20,22)(H2,19,21,23). The maximum Gasteiger partial charge on any atom is 0.319 e. The van der Waals surface area contributed by atoms with Crippen LogP contribution in [0.2, 0.25) is 0 Å². The Morgan fingerprint density at radius 2 is 1.96 bits per heavy atom. The van der Waals surface area contributed by atoms with Gasteiger partial charge in [0.15, 0.2) is 0 Å². The molecule has 0 aromatic heterocycles. The number of hydrogen-bond acceptors (Lipinski definition) is 4. The molecule has 1 fully saturated rings. The Labute approximate surface area is 148 Å². The fourth-order valence-corrected chi connectivity index (χ4v) is 2.77. The highest BCUT2D eigenvalue weighted by molar-refractivity contribution is 5.92. The lowest BCUT2D eigenvalue weighted by atomic mass is 9.95. The highest BCUT2D eigenvalue weighted by Crippen LogP contribution is 2.18. The Bertz CT molecular complexity index is 559. The van der Waals surface area contributed by atoms with Gasteiger partial charge in [0.05, 0.1) is 13.2 Å². The molecule has 25 heavy (non-hydrogen) atoms. The topological polar surface area (TPSA) is 88.7 Å². The molecular formula is C18H27N3O4. The summed E-state index contributed by atoms with van der Waals surface area (Å²) in [7, 11) is 1.61. The zero-order valence-corrected chi connectivity index (χ0v) is 14.7. The average molecular weight is 349 g/mol. The van der Waals surface area contributed by atoms with E-state index < -0.39 is 6.03 Å². The molecule has 0 heterocycles. The van der Waals surface area contributed by atoms with Crippen molar-refractivity contribution in [3.05, 3.63) is 24.3 Å². The van der Waals surface area contributed by atoms with E-state index >= 15 is 0 Å². The van der Waals surface area contributed by atoms with E-state index in [9.17, 15) is 9.59 Å². The molecule has 0 saturated heterocycles. The molecule has 1 saturated carbocycles. The van der Waals surface area contributed by atoms with Gasteiger partial charge in [-0.15, -0.1) is 0 Å². The predicted octanol–water partition coefficient (Wildman–Crippen LogP) is 2.28. The van der Waals surface area contributed by atoms with Crippen LogP contribution in [-0.2, 0) is 9.53 Å². The van der Waals surface area contributed by atoms with Gasteiger partial charge >= 0.3 is 6.03 Å².